The summed E-state index contributed by atoms with van der Waals surface area (Å²) >= 11 is 0. The number of nitrogens with zero attached hydrogens (tertiary/aromatic N) is 3. The Balaban J connectivity index is 2.06. The van der Waals surface area contributed by atoms with Gasteiger partial charge >= 0.3 is 12.4 Å². The molecule has 0 bridgehead atoms. The van der Waals surface area contributed by atoms with Gasteiger partial charge in [0, 0.05) is 17.3 Å². The van der Waals surface area contributed by atoms with E-state index in [-0.39, 0.29) is 28.1 Å². The molecule has 0 fully saturated rings. The number of hydrogen-bond donors (Lipinski definition) is 3. The van der Waals surface area contributed by atoms with Crippen LogP contribution in [0.15, 0.2) is 41.6 Å². The molecule has 3 aromatic rings. The Hall–Kier alpha value is -3.70. The van der Waals surface area contributed by atoms with Gasteiger partial charge in [0.25, 0.3) is 5.91 Å². The molecule has 0 aliphatic heterocycles. The minimum absolute atomic E-state index is 0.0351. The van der Waals surface area contributed by atoms with Crippen LogP contribution in [0, 0.1) is 6.92 Å². The van der Waals surface area contributed by atoms with Crippen LogP contribution in [0.3, 0.4) is 0 Å². The van der Waals surface area contributed by atoms with Crippen LogP contribution in [0.1, 0.15) is 72.6 Å². The normalized spacial score (nSPS) is 14.3. The molecule has 3 rings (SSSR count). The number of aliphatic hydroxyl groups excluding tert-OH is 2. The molecule has 0 radical (unpaired) electrons. The second kappa shape index (κ2) is 12.4. The molecule has 1 amide bonds. The number of carbonyl (C=O) groups is 1. The first-order valence-corrected chi connectivity index (χ1v) is 14.6. The molecule has 2 heterocycles. The van der Waals surface area contributed by atoms with Crippen LogP contribution in [0.4, 0.5) is 26.3 Å². The van der Waals surface area contributed by atoms with Gasteiger partial charge in [-0.25, -0.2) is 13.1 Å². The van der Waals surface area contributed by atoms with Crippen LogP contribution in [-0.4, -0.2) is 57.8 Å². The molecule has 0 aliphatic rings. The summed E-state index contributed by atoms with van der Waals surface area (Å²) in [5.41, 5.74) is -4.65. The standard InChI is InChI=1S/C27H30F6N4O6S/c1-6-44(41,42)16-9-7-15(8-10-16)18(13-38)35-23(40)21-14(2)24(37(36-21)25(3,4)5)43-19-12-34-11-17(20(19)26(28,29)30)22(39)27(31,32)33/h7-12,18,22,38-39H,6,13H2,1-5H3,(H,35,40). The molecule has 10 nitrogen and oxygen atoms in total. The highest BCUT2D eigenvalue weighted by Gasteiger charge is 2.47. The second-order valence-corrected chi connectivity index (χ2v) is 13.0. The Labute approximate surface area is 248 Å². The number of rotatable bonds is 9. The average Bonchev–Trinajstić information content (AvgIpc) is 3.26. The predicted octanol–water partition coefficient (Wildman–Crippen LogP) is 5.01. The van der Waals surface area contributed by atoms with Crippen LogP contribution in [-0.2, 0) is 21.6 Å². The van der Waals surface area contributed by atoms with Gasteiger partial charge in [0.1, 0.15) is 5.56 Å². The number of halogens is 6. The van der Waals surface area contributed by atoms with Crippen LogP contribution in [0.25, 0.3) is 0 Å². The lowest BCUT2D eigenvalue weighted by Crippen LogP contribution is -2.32. The number of nitrogens with one attached hydrogen (secondary N) is 1. The Kier molecular flexibility index (Phi) is 9.77. The molecule has 2 atom stereocenters. The monoisotopic (exact) mass is 652 g/mol. The van der Waals surface area contributed by atoms with Crippen molar-refractivity contribution in [1.82, 2.24) is 20.1 Å². The number of aromatic nitrogens is 3. The first-order valence-electron chi connectivity index (χ1n) is 13.0. The first kappa shape index (κ1) is 34.8. The highest BCUT2D eigenvalue weighted by atomic mass is 32.2. The lowest BCUT2D eigenvalue weighted by Gasteiger charge is -2.24. The molecular weight excluding hydrogens is 622 g/mol. The number of alkyl halides is 6. The van der Waals surface area contributed by atoms with E-state index in [4.69, 9.17) is 4.74 Å². The molecule has 17 heteroatoms. The molecule has 0 saturated heterocycles. The predicted molar refractivity (Wildman–Crippen MR) is 144 cm³/mol. The number of amides is 1. The second-order valence-electron chi connectivity index (χ2n) is 10.7. The molecule has 0 saturated carbocycles. The van der Waals surface area contributed by atoms with E-state index in [1.807, 2.05) is 0 Å². The molecule has 44 heavy (non-hydrogen) atoms. The molecule has 242 valence electrons. The number of hydrogen-bond acceptors (Lipinski definition) is 8. The summed E-state index contributed by atoms with van der Waals surface area (Å²) in [4.78, 5) is 16.7. The fraction of sp³-hybridized carbons (Fsp3) is 0.444. The van der Waals surface area contributed by atoms with Crippen molar-refractivity contribution in [3.05, 3.63) is 64.6 Å². The third-order valence-electron chi connectivity index (χ3n) is 6.46. The summed E-state index contributed by atoms with van der Waals surface area (Å²) in [5, 5.41) is 26.3. The minimum atomic E-state index is -5.44. The quantitative estimate of drug-likeness (QED) is 0.274. The molecule has 3 N–H and O–H groups in total. The van der Waals surface area contributed by atoms with Gasteiger partial charge in [-0.2, -0.15) is 31.4 Å². The van der Waals surface area contributed by atoms with E-state index >= 15 is 0 Å². The van der Waals surface area contributed by atoms with Crippen LogP contribution in [0.5, 0.6) is 11.6 Å². The van der Waals surface area contributed by atoms with Crippen LogP contribution >= 0.6 is 0 Å². The van der Waals surface area contributed by atoms with Crippen molar-refractivity contribution >= 4 is 15.7 Å². The fourth-order valence-electron chi connectivity index (χ4n) is 4.13. The summed E-state index contributed by atoms with van der Waals surface area (Å²) in [6, 6.07) is 4.36. The number of sulfone groups is 1. The first-order chi connectivity index (χ1) is 20.1. The van der Waals surface area contributed by atoms with E-state index in [2.05, 4.69) is 15.4 Å². The summed E-state index contributed by atoms with van der Waals surface area (Å²) in [6.45, 7) is 6.85. The zero-order valence-corrected chi connectivity index (χ0v) is 24.9. The summed E-state index contributed by atoms with van der Waals surface area (Å²) in [6.07, 6.45) is -13.6. The van der Waals surface area contributed by atoms with Crippen molar-refractivity contribution < 1.29 is 54.5 Å². The van der Waals surface area contributed by atoms with E-state index < -0.39 is 75.1 Å². The summed E-state index contributed by atoms with van der Waals surface area (Å²) in [5.74, 6) is -2.63. The minimum Gasteiger partial charge on any atom is -0.437 e. The molecule has 1 aromatic carbocycles. The number of aliphatic hydroxyl groups is 2. The lowest BCUT2D eigenvalue weighted by molar-refractivity contribution is -0.209. The molecule has 0 aliphatic carbocycles. The van der Waals surface area contributed by atoms with Gasteiger partial charge in [0.2, 0.25) is 5.88 Å². The van der Waals surface area contributed by atoms with Gasteiger partial charge in [-0.05, 0) is 45.4 Å². The van der Waals surface area contributed by atoms with Crippen molar-refractivity contribution in [2.45, 2.75) is 69.6 Å². The highest BCUT2D eigenvalue weighted by Crippen LogP contribution is 2.46. The molecule has 0 spiro atoms. The van der Waals surface area contributed by atoms with E-state index in [0.29, 0.717) is 11.8 Å². The maximum absolute atomic E-state index is 14.1. The van der Waals surface area contributed by atoms with Crippen molar-refractivity contribution in [2.24, 2.45) is 0 Å². The van der Waals surface area contributed by atoms with E-state index in [1.54, 1.807) is 20.8 Å². The number of ether oxygens (including phenoxy) is 1. The zero-order valence-electron chi connectivity index (χ0n) is 24.1. The largest absolute Gasteiger partial charge is 0.437 e. The highest BCUT2D eigenvalue weighted by molar-refractivity contribution is 7.91. The van der Waals surface area contributed by atoms with Crippen LogP contribution < -0.4 is 10.1 Å². The molecular formula is C27H30F6N4O6S. The zero-order chi connectivity index (χ0) is 33.4. The fourth-order valence-corrected chi connectivity index (χ4v) is 5.02. The Morgan fingerprint density at radius 1 is 1.07 bits per heavy atom. The maximum Gasteiger partial charge on any atom is 0.420 e. The van der Waals surface area contributed by atoms with E-state index in [9.17, 15) is 49.8 Å². The Bertz CT molecular complexity index is 1610. The third-order valence-corrected chi connectivity index (χ3v) is 8.21. The van der Waals surface area contributed by atoms with Crippen molar-refractivity contribution in [1.29, 1.82) is 0 Å². The average molecular weight is 653 g/mol. The smallest absolute Gasteiger partial charge is 0.420 e. The Morgan fingerprint density at radius 3 is 2.14 bits per heavy atom. The van der Waals surface area contributed by atoms with Crippen LogP contribution in [0.2, 0.25) is 0 Å². The van der Waals surface area contributed by atoms with Gasteiger partial charge in [-0.3, -0.25) is 9.78 Å². The molecule has 2 unspecified atom stereocenters. The van der Waals surface area contributed by atoms with Gasteiger partial charge in [-0.15, -0.1) is 0 Å². The van der Waals surface area contributed by atoms with Gasteiger partial charge in [-0.1, -0.05) is 19.1 Å². The Morgan fingerprint density at radius 2 is 1.66 bits per heavy atom. The lowest BCUT2D eigenvalue weighted by atomic mass is 10.0. The van der Waals surface area contributed by atoms with Gasteiger partial charge in [0.05, 0.1) is 35.0 Å². The van der Waals surface area contributed by atoms with Crippen molar-refractivity contribution in [3.8, 4) is 11.6 Å². The topological polar surface area (TPSA) is 144 Å². The maximum atomic E-state index is 14.1. The molecule has 2 aromatic heterocycles. The van der Waals surface area contributed by atoms with Crippen molar-refractivity contribution in [2.75, 3.05) is 12.4 Å². The van der Waals surface area contributed by atoms with Gasteiger partial charge < -0.3 is 20.3 Å². The van der Waals surface area contributed by atoms with Crippen molar-refractivity contribution in [3.63, 3.8) is 0 Å². The number of pyridine rings is 1. The van der Waals surface area contributed by atoms with E-state index in [1.165, 1.54) is 38.1 Å². The van der Waals surface area contributed by atoms with E-state index in [0.717, 1.165) is 4.68 Å². The number of carbonyl (C=O) groups excluding carboxylic acids is 1. The van der Waals surface area contributed by atoms with Gasteiger partial charge in [0.15, 0.2) is 27.4 Å². The summed E-state index contributed by atoms with van der Waals surface area (Å²) in [7, 11) is -3.51. The number of benzene rings is 1. The SMILES string of the molecule is CCS(=O)(=O)c1ccc(C(CO)NC(=O)c2nn(C(C)(C)C)c(Oc3cncc(C(O)C(F)(F)F)c3C(F)(F)F)c2C)cc1. The summed E-state index contributed by atoms with van der Waals surface area (Å²) < 4.78 is 112. The third kappa shape index (κ3) is 7.32.